The summed E-state index contributed by atoms with van der Waals surface area (Å²) in [7, 11) is 0. The molecule has 2 rings (SSSR count). The van der Waals surface area contributed by atoms with E-state index in [9.17, 15) is 17.6 Å². The average molecular weight is 301 g/mol. The summed E-state index contributed by atoms with van der Waals surface area (Å²) in [6.07, 6.45) is -2.66. The number of nitrogens with two attached hydrogens (primary N) is 1. The highest BCUT2D eigenvalue weighted by atomic mass is 19.3. The van der Waals surface area contributed by atoms with Crippen molar-refractivity contribution in [3.05, 3.63) is 36.0 Å². The highest BCUT2D eigenvalue weighted by molar-refractivity contribution is 6.02. The van der Waals surface area contributed by atoms with Crippen LogP contribution in [0.5, 0.6) is 5.75 Å². The molecule has 0 atom stereocenters. The Hall–Kier alpha value is -2.38. The molecule has 0 aliphatic carbocycles. The Labute approximate surface area is 117 Å². The van der Waals surface area contributed by atoms with Gasteiger partial charge in [-0.05, 0) is 12.1 Å². The van der Waals surface area contributed by atoms with E-state index in [1.165, 1.54) is 12.3 Å². The van der Waals surface area contributed by atoms with Crippen LogP contribution in [0.1, 0.15) is 5.56 Å². The molecule has 8 heteroatoms. The minimum absolute atomic E-state index is 0.0289. The summed E-state index contributed by atoms with van der Waals surface area (Å²) in [4.78, 5) is 4.01. The van der Waals surface area contributed by atoms with Gasteiger partial charge in [-0.25, -0.2) is 8.78 Å². The Morgan fingerprint density at radius 2 is 2.00 bits per heavy atom. The van der Waals surface area contributed by atoms with E-state index in [2.05, 4.69) is 4.98 Å². The molecule has 112 valence electrons. The third kappa shape index (κ3) is 3.04. The summed E-state index contributed by atoms with van der Waals surface area (Å²) in [5.74, 6) is -4.91. The van der Waals surface area contributed by atoms with E-state index in [0.717, 1.165) is 0 Å². The number of amidine groups is 1. The number of nitrogen functional groups attached to an aromatic ring is 1. The molecule has 0 saturated heterocycles. The number of halogens is 4. The molecule has 0 amide bonds. The van der Waals surface area contributed by atoms with Crippen molar-refractivity contribution < 1.29 is 22.3 Å². The summed E-state index contributed by atoms with van der Waals surface area (Å²) in [5, 5.41) is 7.71. The average Bonchev–Trinajstić information content (AvgIpc) is 2.44. The number of rotatable bonds is 5. The van der Waals surface area contributed by atoms with Crippen molar-refractivity contribution in [1.29, 1.82) is 5.41 Å². The van der Waals surface area contributed by atoms with Crippen LogP contribution in [0, 0.1) is 5.41 Å². The molecular weight excluding hydrogens is 290 g/mol. The fourth-order valence-electron chi connectivity index (χ4n) is 1.69. The van der Waals surface area contributed by atoms with Crippen LogP contribution in [0.4, 0.5) is 17.6 Å². The first-order chi connectivity index (χ1) is 9.83. The van der Waals surface area contributed by atoms with Gasteiger partial charge in [0.1, 0.15) is 11.6 Å². The van der Waals surface area contributed by atoms with Gasteiger partial charge in [0.2, 0.25) is 0 Å². The van der Waals surface area contributed by atoms with Crippen molar-refractivity contribution in [3.8, 4) is 5.75 Å². The van der Waals surface area contributed by atoms with Crippen molar-refractivity contribution in [2.75, 3.05) is 6.61 Å². The van der Waals surface area contributed by atoms with E-state index in [1.54, 1.807) is 18.2 Å². The molecule has 1 aromatic heterocycles. The molecule has 0 bridgehead atoms. The molecule has 0 saturated carbocycles. The van der Waals surface area contributed by atoms with Crippen LogP contribution in [0.15, 0.2) is 30.5 Å². The molecule has 1 heterocycles. The standard InChI is InChI=1S/C13H11F4N3O/c14-12(15)13(16,17)6-21-10-7-3-1-2-4-9(7)20-5-8(10)11(18)19/h1-5,12H,6H2,(H3,18,19). The first-order valence-electron chi connectivity index (χ1n) is 5.84. The smallest absolute Gasteiger partial charge is 0.340 e. The highest BCUT2D eigenvalue weighted by Crippen LogP contribution is 2.31. The second-order valence-electron chi connectivity index (χ2n) is 4.28. The number of fused-ring (bicyclic) bond motifs is 1. The van der Waals surface area contributed by atoms with Crippen LogP contribution in [0.25, 0.3) is 10.9 Å². The Morgan fingerprint density at radius 3 is 2.62 bits per heavy atom. The lowest BCUT2D eigenvalue weighted by Gasteiger charge is -2.18. The maximum atomic E-state index is 13.0. The number of para-hydroxylation sites is 1. The summed E-state index contributed by atoms with van der Waals surface area (Å²) in [6, 6.07) is 6.38. The zero-order chi connectivity index (χ0) is 15.6. The number of nitrogens with zero attached hydrogens (tertiary/aromatic N) is 1. The topological polar surface area (TPSA) is 72.0 Å². The summed E-state index contributed by atoms with van der Waals surface area (Å²) >= 11 is 0. The maximum absolute atomic E-state index is 13.0. The van der Waals surface area contributed by atoms with Crippen molar-refractivity contribution in [3.63, 3.8) is 0 Å². The third-order valence-corrected chi connectivity index (χ3v) is 2.74. The van der Waals surface area contributed by atoms with E-state index < -0.39 is 24.8 Å². The number of hydrogen-bond donors (Lipinski definition) is 2. The molecule has 0 unspecified atom stereocenters. The van der Waals surface area contributed by atoms with E-state index >= 15 is 0 Å². The zero-order valence-electron chi connectivity index (χ0n) is 10.6. The molecule has 3 N–H and O–H groups in total. The minimum atomic E-state index is -4.29. The zero-order valence-corrected chi connectivity index (χ0v) is 10.6. The van der Waals surface area contributed by atoms with Gasteiger partial charge in [0.15, 0.2) is 6.61 Å². The molecule has 0 fully saturated rings. The number of aromatic nitrogens is 1. The number of benzene rings is 1. The van der Waals surface area contributed by atoms with Crippen molar-refractivity contribution in [2.24, 2.45) is 5.73 Å². The summed E-state index contributed by atoms with van der Waals surface area (Å²) in [5.41, 5.74) is 5.72. The Kier molecular flexibility index (Phi) is 3.97. The maximum Gasteiger partial charge on any atom is 0.340 e. The van der Waals surface area contributed by atoms with Crippen LogP contribution >= 0.6 is 0 Å². The summed E-state index contributed by atoms with van der Waals surface area (Å²) in [6.45, 7) is -1.51. The van der Waals surface area contributed by atoms with Crippen LogP contribution in [-0.2, 0) is 0 Å². The molecule has 0 aliphatic heterocycles. The van der Waals surface area contributed by atoms with Gasteiger partial charge < -0.3 is 10.5 Å². The third-order valence-electron chi connectivity index (χ3n) is 2.74. The largest absolute Gasteiger partial charge is 0.486 e. The number of nitrogens with one attached hydrogen (secondary N) is 1. The Bertz CT molecular complexity index is 676. The fourth-order valence-corrected chi connectivity index (χ4v) is 1.69. The molecule has 21 heavy (non-hydrogen) atoms. The lowest BCUT2D eigenvalue weighted by molar-refractivity contribution is -0.148. The monoisotopic (exact) mass is 301 g/mol. The SMILES string of the molecule is N=C(N)c1cnc2ccccc2c1OCC(F)(F)C(F)F. The second kappa shape index (κ2) is 5.55. The lowest BCUT2D eigenvalue weighted by atomic mass is 10.1. The molecule has 1 aromatic carbocycles. The van der Waals surface area contributed by atoms with Crippen LogP contribution in [0.3, 0.4) is 0 Å². The first kappa shape index (κ1) is 15.0. The quantitative estimate of drug-likeness (QED) is 0.507. The molecule has 0 aliphatic rings. The van der Waals surface area contributed by atoms with Crippen molar-refractivity contribution >= 4 is 16.7 Å². The predicted molar refractivity (Wildman–Crippen MR) is 69.2 cm³/mol. The molecular formula is C13H11F4N3O. The summed E-state index contributed by atoms with van der Waals surface area (Å²) < 4.78 is 55.2. The molecule has 4 nitrogen and oxygen atoms in total. The molecule has 0 radical (unpaired) electrons. The second-order valence-corrected chi connectivity index (χ2v) is 4.28. The lowest BCUT2D eigenvalue weighted by Crippen LogP contribution is -2.34. The van der Waals surface area contributed by atoms with E-state index in [1.807, 2.05) is 0 Å². The van der Waals surface area contributed by atoms with E-state index in [-0.39, 0.29) is 11.3 Å². The number of hydrogen-bond acceptors (Lipinski definition) is 3. The molecule has 0 spiro atoms. The van der Waals surface area contributed by atoms with Gasteiger partial charge in [-0.2, -0.15) is 8.78 Å². The Morgan fingerprint density at radius 1 is 1.33 bits per heavy atom. The van der Waals surface area contributed by atoms with Gasteiger partial charge in [0, 0.05) is 11.6 Å². The van der Waals surface area contributed by atoms with Gasteiger partial charge in [0.05, 0.1) is 11.1 Å². The Balaban J connectivity index is 2.45. The van der Waals surface area contributed by atoms with Crippen LogP contribution < -0.4 is 10.5 Å². The van der Waals surface area contributed by atoms with Gasteiger partial charge in [-0.3, -0.25) is 10.4 Å². The van der Waals surface area contributed by atoms with Crippen LogP contribution in [0.2, 0.25) is 0 Å². The highest BCUT2D eigenvalue weighted by Gasteiger charge is 2.42. The van der Waals surface area contributed by atoms with Crippen molar-refractivity contribution in [1.82, 2.24) is 4.98 Å². The predicted octanol–water partition coefficient (Wildman–Crippen LogP) is 2.80. The normalized spacial score (nSPS) is 11.9. The molecule has 2 aromatic rings. The van der Waals surface area contributed by atoms with Gasteiger partial charge in [-0.15, -0.1) is 0 Å². The number of alkyl halides is 4. The van der Waals surface area contributed by atoms with Gasteiger partial charge >= 0.3 is 12.3 Å². The van der Waals surface area contributed by atoms with E-state index in [0.29, 0.717) is 10.9 Å². The van der Waals surface area contributed by atoms with Crippen LogP contribution in [-0.4, -0.2) is 29.8 Å². The van der Waals surface area contributed by atoms with Gasteiger partial charge in [-0.1, -0.05) is 12.1 Å². The van der Waals surface area contributed by atoms with Gasteiger partial charge in [0.25, 0.3) is 0 Å². The number of pyridine rings is 1. The van der Waals surface area contributed by atoms with E-state index in [4.69, 9.17) is 15.9 Å². The fraction of sp³-hybridized carbons (Fsp3) is 0.231. The van der Waals surface area contributed by atoms with Crippen molar-refractivity contribution in [2.45, 2.75) is 12.3 Å². The minimum Gasteiger partial charge on any atom is -0.486 e. The number of ether oxygens (including phenoxy) is 1. The first-order valence-corrected chi connectivity index (χ1v) is 5.84.